The van der Waals surface area contributed by atoms with Crippen molar-refractivity contribution in [3.63, 3.8) is 0 Å². The Kier molecular flexibility index (Phi) is 6.92. The fraction of sp³-hybridized carbons (Fsp3) is 0.632. The maximum Gasteiger partial charge on any atom is 0.416 e. The number of morpholine rings is 1. The van der Waals surface area contributed by atoms with Gasteiger partial charge in [-0.05, 0) is 17.7 Å². The molecular weight excluding hydrogens is 375 g/mol. The van der Waals surface area contributed by atoms with Gasteiger partial charge in [-0.25, -0.2) is 0 Å². The SMILES string of the molecule is O=C(CN1CCOCC1)N1CCN(CC(O)c2cccc(C(F)(F)F)c2)CC1. The van der Waals surface area contributed by atoms with Gasteiger partial charge in [-0.1, -0.05) is 12.1 Å². The second kappa shape index (κ2) is 9.21. The summed E-state index contributed by atoms with van der Waals surface area (Å²) in [5.74, 6) is 0.0833. The van der Waals surface area contributed by atoms with Crippen LogP contribution >= 0.6 is 0 Å². The van der Waals surface area contributed by atoms with Crippen molar-refractivity contribution in [3.8, 4) is 0 Å². The van der Waals surface area contributed by atoms with Crippen molar-refractivity contribution in [1.82, 2.24) is 14.7 Å². The minimum absolute atomic E-state index is 0.0833. The van der Waals surface area contributed by atoms with Crippen LogP contribution in [0.2, 0.25) is 0 Å². The van der Waals surface area contributed by atoms with Crippen LogP contribution in [0.1, 0.15) is 17.2 Å². The number of ether oxygens (including phenoxy) is 1. The van der Waals surface area contributed by atoms with E-state index >= 15 is 0 Å². The molecule has 2 heterocycles. The Morgan fingerprint density at radius 2 is 1.75 bits per heavy atom. The molecule has 1 aromatic rings. The Morgan fingerprint density at radius 1 is 1.07 bits per heavy atom. The lowest BCUT2D eigenvalue weighted by Gasteiger charge is -2.37. The second-order valence-electron chi connectivity index (χ2n) is 7.21. The van der Waals surface area contributed by atoms with Crippen LogP contribution in [0.5, 0.6) is 0 Å². The summed E-state index contributed by atoms with van der Waals surface area (Å²) >= 11 is 0. The van der Waals surface area contributed by atoms with Gasteiger partial charge >= 0.3 is 6.18 Å². The number of amides is 1. The summed E-state index contributed by atoms with van der Waals surface area (Å²) in [6, 6.07) is 4.80. The molecule has 3 rings (SSSR count). The van der Waals surface area contributed by atoms with E-state index in [1.165, 1.54) is 12.1 Å². The lowest BCUT2D eigenvalue weighted by molar-refractivity contribution is -0.137. The summed E-state index contributed by atoms with van der Waals surface area (Å²) < 4.78 is 43.8. The van der Waals surface area contributed by atoms with E-state index in [0.717, 1.165) is 25.2 Å². The molecule has 2 aliphatic heterocycles. The van der Waals surface area contributed by atoms with Gasteiger partial charge in [0.15, 0.2) is 0 Å². The highest BCUT2D eigenvalue weighted by atomic mass is 19.4. The van der Waals surface area contributed by atoms with Crippen LogP contribution in [-0.4, -0.2) is 91.3 Å². The number of aliphatic hydroxyl groups is 1. The zero-order valence-electron chi connectivity index (χ0n) is 15.7. The smallest absolute Gasteiger partial charge is 0.387 e. The minimum Gasteiger partial charge on any atom is -0.387 e. The van der Waals surface area contributed by atoms with Gasteiger partial charge in [-0.2, -0.15) is 13.2 Å². The van der Waals surface area contributed by atoms with Crippen LogP contribution in [0.15, 0.2) is 24.3 Å². The van der Waals surface area contributed by atoms with Crippen molar-refractivity contribution in [2.75, 3.05) is 65.6 Å². The van der Waals surface area contributed by atoms with E-state index in [1.54, 1.807) is 0 Å². The second-order valence-corrected chi connectivity index (χ2v) is 7.21. The number of aliphatic hydroxyl groups excluding tert-OH is 1. The van der Waals surface area contributed by atoms with E-state index in [0.29, 0.717) is 45.9 Å². The molecule has 1 N–H and O–H groups in total. The van der Waals surface area contributed by atoms with Crippen LogP contribution in [0, 0.1) is 0 Å². The van der Waals surface area contributed by atoms with E-state index in [2.05, 4.69) is 4.90 Å². The highest BCUT2D eigenvalue weighted by Gasteiger charge is 2.31. The molecular formula is C19H26F3N3O3. The standard InChI is InChI=1S/C19H26F3N3O3/c20-19(21,22)16-3-1-2-15(12-16)17(26)13-23-4-6-25(7-5-23)18(27)14-24-8-10-28-11-9-24/h1-3,12,17,26H,4-11,13-14H2. The highest BCUT2D eigenvalue weighted by Crippen LogP contribution is 2.31. The van der Waals surface area contributed by atoms with Crippen molar-refractivity contribution in [2.45, 2.75) is 12.3 Å². The molecule has 0 bridgehead atoms. The molecule has 2 aliphatic rings. The summed E-state index contributed by atoms with van der Waals surface area (Å²) in [4.78, 5) is 18.3. The number of carbonyl (C=O) groups excluding carboxylic acids is 1. The largest absolute Gasteiger partial charge is 0.416 e. The molecule has 1 atom stereocenters. The van der Waals surface area contributed by atoms with Crippen molar-refractivity contribution >= 4 is 5.91 Å². The van der Waals surface area contributed by atoms with Gasteiger partial charge in [0.2, 0.25) is 5.91 Å². The van der Waals surface area contributed by atoms with Gasteiger partial charge in [0.05, 0.1) is 31.4 Å². The number of halogens is 3. The molecule has 6 nitrogen and oxygen atoms in total. The van der Waals surface area contributed by atoms with Crippen LogP contribution in [0.4, 0.5) is 13.2 Å². The minimum atomic E-state index is -4.43. The lowest BCUT2D eigenvalue weighted by Crippen LogP contribution is -2.52. The number of hydrogen-bond donors (Lipinski definition) is 1. The van der Waals surface area contributed by atoms with Gasteiger partial charge in [0.1, 0.15) is 0 Å². The molecule has 156 valence electrons. The number of carbonyl (C=O) groups is 1. The van der Waals surface area contributed by atoms with Crippen LogP contribution in [0.25, 0.3) is 0 Å². The van der Waals surface area contributed by atoms with E-state index in [4.69, 9.17) is 4.74 Å². The molecule has 2 saturated heterocycles. The van der Waals surface area contributed by atoms with Gasteiger partial charge in [0.25, 0.3) is 0 Å². The predicted molar refractivity (Wildman–Crippen MR) is 96.7 cm³/mol. The van der Waals surface area contributed by atoms with Gasteiger partial charge in [-0.15, -0.1) is 0 Å². The third-order valence-electron chi connectivity index (χ3n) is 5.22. The molecule has 1 unspecified atom stereocenters. The maximum absolute atomic E-state index is 12.8. The Hall–Kier alpha value is -1.68. The molecule has 1 aromatic carbocycles. The van der Waals surface area contributed by atoms with Crippen LogP contribution in [-0.2, 0) is 15.7 Å². The zero-order chi connectivity index (χ0) is 20.1. The van der Waals surface area contributed by atoms with Gasteiger partial charge < -0.3 is 14.7 Å². The molecule has 28 heavy (non-hydrogen) atoms. The van der Waals surface area contributed by atoms with Crippen LogP contribution < -0.4 is 0 Å². The molecule has 2 fully saturated rings. The first kappa shape index (κ1) is 21.0. The predicted octanol–water partition coefficient (Wildman–Crippen LogP) is 1.22. The third-order valence-corrected chi connectivity index (χ3v) is 5.22. The lowest BCUT2D eigenvalue weighted by atomic mass is 10.0. The average Bonchev–Trinajstić information content (AvgIpc) is 2.69. The molecule has 0 spiro atoms. The maximum atomic E-state index is 12.8. The summed E-state index contributed by atoms with van der Waals surface area (Å²) in [5, 5.41) is 10.3. The first-order valence-electron chi connectivity index (χ1n) is 9.48. The van der Waals surface area contributed by atoms with Crippen molar-refractivity contribution < 1.29 is 27.8 Å². The van der Waals surface area contributed by atoms with Crippen molar-refractivity contribution in [1.29, 1.82) is 0 Å². The highest BCUT2D eigenvalue weighted by molar-refractivity contribution is 5.78. The number of rotatable bonds is 5. The fourth-order valence-corrected chi connectivity index (χ4v) is 3.50. The topological polar surface area (TPSA) is 56.2 Å². The van der Waals surface area contributed by atoms with Gasteiger partial charge in [0, 0.05) is 45.8 Å². The Balaban J connectivity index is 1.46. The number of benzene rings is 1. The summed E-state index contributed by atoms with van der Waals surface area (Å²) in [6.07, 6.45) is -5.43. The molecule has 0 aromatic heterocycles. The molecule has 1 amide bonds. The van der Waals surface area contributed by atoms with Gasteiger partial charge in [-0.3, -0.25) is 14.6 Å². The molecule has 0 radical (unpaired) electrons. The van der Waals surface area contributed by atoms with Crippen LogP contribution in [0.3, 0.4) is 0 Å². The number of hydrogen-bond acceptors (Lipinski definition) is 5. The molecule has 0 saturated carbocycles. The van der Waals surface area contributed by atoms with E-state index < -0.39 is 17.8 Å². The third kappa shape index (κ3) is 5.66. The summed E-state index contributed by atoms with van der Waals surface area (Å²) in [7, 11) is 0. The molecule has 9 heteroatoms. The fourth-order valence-electron chi connectivity index (χ4n) is 3.50. The first-order chi connectivity index (χ1) is 13.3. The average molecular weight is 401 g/mol. The Labute approximate surface area is 162 Å². The van der Waals surface area contributed by atoms with E-state index in [9.17, 15) is 23.1 Å². The van der Waals surface area contributed by atoms with Crippen molar-refractivity contribution in [3.05, 3.63) is 35.4 Å². The summed E-state index contributed by atoms with van der Waals surface area (Å²) in [5.41, 5.74) is -0.511. The monoisotopic (exact) mass is 401 g/mol. The normalized spacial score (nSPS) is 20.9. The quantitative estimate of drug-likeness (QED) is 0.804. The Morgan fingerprint density at radius 3 is 2.39 bits per heavy atom. The number of β-amino-alcohol motifs (C(OH)–C–C–N with tert-alkyl or cyclic N) is 1. The van der Waals surface area contributed by atoms with E-state index in [-0.39, 0.29) is 18.0 Å². The summed E-state index contributed by atoms with van der Waals surface area (Å²) in [6.45, 7) is 5.72. The van der Waals surface area contributed by atoms with E-state index in [1.807, 2.05) is 9.80 Å². The zero-order valence-corrected chi connectivity index (χ0v) is 15.7. The Bertz CT molecular complexity index is 657. The number of piperazine rings is 1. The first-order valence-corrected chi connectivity index (χ1v) is 9.48. The van der Waals surface area contributed by atoms with Crippen molar-refractivity contribution in [2.24, 2.45) is 0 Å². The molecule has 0 aliphatic carbocycles. The number of nitrogens with zero attached hydrogens (tertiary/aromatic N) is 3. The number of alkyl halides is 3.